The van der Waals surface area contributed by atoms with Gasteiger partial charge < -0.3 is 0 Å². The molecule has 3 aromatic rings. The third-order valence-corrected chi connectivity index (χ3v) is 4.10. The average molecular weight is 349 g/mol. The lowest BCUT2D eigenvalue weighted by molar-refractivity contribution is -0.384. The Balaban J connectivity index is 1.64. The number of hydrogen-bond donors (Lipinski definition) is 0. The second-order valence-electron chi connectivity index (χ2n) is 5.60. The molecule has 9 nitrogen and oxygen atoms in total. The Morgan fingerprint density at radius 1 is 0.962 bits per heavy atom. The molecule has 0 saturated heterocycles. The number of rotatable bonds is 4. The lowest BCUT2D eigenvalue weighted by Gasteiger charge is -2.14. The van der Waals surface area contributed by atoms with E-state index in [1.54, 1.807) is 24.3 Å². The smallest absolute Gasteiger partial charge is 0.269 e. The summed E-state index contributed by atoms with van der Waals surface area (Å²) in [6, 6.07) is 12.4. The van der Waals surface area contributed by atoms with Crippen molar-refractivity contribution in [3.8, 4) is 5.69 Å². The maximum Gasteiger partial charge on any atom is 0.269 e. The van der Waals surface area contributed by atoms with Crippen LogP contribution in [0.3, 0.4) is 0 Å². The van der Waals surface area contributed by atoms with Crippen molar-refractivity contribution in [2.45, 2.75) is 6.54 Å². The van der Waals surface area contributed by atoms with Crippen molar-refractivity contribution in [2.24, 2.45) is 0 Å². The Labute approximate surface area is 146 Å². The molecule has 0 bridgehead atoms. The molecular formula is C17H11N5O4. The number of carbonyl (C=O) groups is 2. The van der Waals surface area contributed by atoms with E-state index in [-0.39, 0.29) is 24.0 Å². The zero-order valence-corrected chi connectivity index (χ0v) is 13.3. The number of carbonyl (C=O) groups excluding carboxylic acids is 2. The van der Waals surface area contributed by atoms with Gasteiger partial charge >= 0.3 is 0 Å². The highest BCUT2D eigenvalue weighted by molar-refractivity contribution is 6.21. The number of amides is 2. The SMILES string of the molecule is O=C1c2ccccc2C(=O)N1Cc1ncnn1-c1ccc([N+](=O)[O-])cc1. The van der Waals surface area contributed by atoms with E-state index in [9.17, 15) is 19.7 Å². The molecule has 0 spiro atoms. The van der Waals surface area contributed by atoms with Gasteiger partial charge in [-0.25, -0.2) is 9.67 Å². The van der Waals surface area contributed by atoms with E-state index < -0.39 is 4.92 Å². The highest BCUT2D eigenvalue weighted by Crippen LogP contribution is 2.24. The third-order valence-electron chi connectivity index (χ3n) is 4.10. The fourth-order valence-corrected chi connectivity index (χ4v) is 2.83. The van der Waals surface area contributed by atoms with Gasteiger partial charge in [-0.1, -0.05) is 12.1 Å². The average Bonchev–Trinajstić information content (AvgIpc) is 3.21. The molecule has 0 fully saturated rings. The molecule has 0 aliphatic carbocycles. The van der Waals surface area contributed by atoms with Crippen LogP contribution in [0.1, 0.15) is 26.5 Å². The highest BCUT2D eigenvalue weighted by atomic mass is 16.6. The lowest BCUT2D eigenvalue weighted by atomic mass is 10.1. The Kier molecular flexibility index (Phi) is 3.54. The fourth-order valence-electron chi connectivity index (χ4n) is 2.83. The van der Waals surface area contributed by atoms with Crippen LogP contribution in [0.4, 0.5) is 5.69 Å². The zero-order chi connectivity index (χ0) is 18.3. The molecule has 1 aliphatic rings. The first-order valence-electron chi connectivity index (χ1n) is 7.65. The quantitative estimate of drug-likeness (QED) is 0.404. The Morgan fingerprint density at radius 3 is 2.15 bits per heavy atom. The molecule has 0 saturated carbocycles. The lowest BCUT2D eigenvalue weighted by Crippen LogP contribution is -2.30. The van der Waals surface area contributed by atoms with E-state index in [4.69, 9.17) is 0 Å². The summed E-state index contributed by atoms with van der Waals surface area (Å²) in [6.07, 6.45) is 1.30. The Hall–Kier alpha value is -3.88. The van der Waals surface area contributed by atoms with Crippen LogP contribution in [0.15, 0.2) is 54.9 Å². The molecule has 128 valence electrons. The third kappa shape index (κ3) is 2.42. The van der Waals surface area contributed by atoms with Crippen molar-refractivity contribution in [3.63, 3.8) is 0 Å². The monoisotopic (exact) mass is 349 g/mol. The van der Waals surface area contributed by atoms with Gasteiger partial charge in [-0.15, -0.1) is 0 Å². The second kappa shape index (κ2) is 5.88. The van der Waals surface area contributed by atoms with Crippen molar-refractivity contribution in [1.29, 1.82) is 0 Å². The topological polar surface area (TPSA) is 111 Å². The molecule has 1 aromatic heterocycles. The van der Waals surface area contributed by atoms with Crippen LogP contribution in [0.25, 0.3) is 5.69 Å². The highest BCUT2D eigenvalue weighted by Gasteiger charge is 2.36. The van der Waals surface area contributed by atoms with E-state index in [1.165, 1.54) is 35.3 Å². The van der Waals surface area contributed by atoms with E-state index in [1.807, 2.05) is 0 Å². The van der Waals surface area contributed by atoms with Gasteiger partial charge in [-0.2, -0.15) is 5.10 Å². The van der Waals surface area contributed by atoms with Gasteiger partial charge in [0.1, 0.15) is 6.33 Å². The van der Waals surface area contributed by atoms with E-state index >= 15 is 0 Å². The minimum atomic E-state index is -0.495. The van der Waals surface area contributed by atoms with Crippen LogP contribution in [-0.2, 0) is 6.54 Å². The van der Waals surface area contributed by atoms with Gasteiger partial charge in [-0.05, 0) is 24.3 Å². The molecular weight excluding hydrogens is 338 g/mol. The molecule has 0 atom stereocenters. The molecule has 26 heavy (non-hydrogen) atoms. The minimum Gasteiger partial charge on any atom is -0.269 e. The summed E-state index contributed by atoms with van der Waals surface area (Å²) in [6.45, 7) is -0.0522. The molecule has 0 unspecified atom stereocenters. The van der Waals surface area contributed by atoms with Crippen LogP contribution in [0.5, 0.6) is 0 Å². The molecule has 2 aromatic carbocycles. The minimum absolute atomic E-state index is 0.0456. The number of imide groups is 1. The maximum absolute atomic E-state index is 12.5. The van der Waals surface area contributed by atoms with Crippen LogP contribution >= 0.6 is 0 Å². The molecule has 2 amide bonds. The number of nitro benzene ring substituents is 1. The summed E-state index contributed by atoms with van der Waals surface area (Å²) in [4.78, 5) is 40.4. The number of benzene rings is 2. The van der Waals surface area contributed by atoms with E-state index in [0.717, 1.165) is 4.90 Å². The van der Waals surface area contributed by atoms with Crippen LogP contribution in [-0.4, -0.2) is 36.4 Å². The van der Waals surface area contributed by atoms with Gasteiger partial charge in [0.05, 0.1) is 28.3 Å². The normalized spacial score (nSPS) is 13.2. The summed E-state index contributed by atoms with van der Waals surface area (Å²) in [5.74, 6) is -0.402. The van der Waals surface area contributed by atoms with Crippen molar-refractivity contribution in [3.05, 3.63) is 81.9 Å². The summed E-state index contributed by atoms with van der Waals surface area (Å²) in [7, 11) is 0. The standard InChI is InChI=1S/C17H11N5O4/c23-16-13-3-1-2-4-14(13)17(24)20(16)9-15-18-10-19-21(15)11-5-7-12(8-6-11)22(25)26/h1-8,10H,9H2. The first kappa shape index (κ1) is 15.6. The summed E-state index contributed by atoms with van der Waals surface area (Å²) < 4.78 is 1.44. The molecule has 4 rings (SSSR count). The predicted octanol–water partition coefficient (Wildman–Crippen LogP) is 1.97. The van der Waals surface area contributed by atoms with Crippen molar-refractivity contribution >= 4 is 17.5 Å². The van der Waals surface area contributed by atoms with Crippen molar-refractivity contribution in [1.82, 2.24) is 19.7 Å². The van der Waals surface area contributed by atoms with E-state index in [2.05, 4.69) is 10.1 Å². The number of non-ortho nitro benzene ring substituents is 1. The largest absolute Gasteiger partial charge is 0.269 e. The van der Waals surface area contributed by atoms with Gasteiger partial charge in [0, 0.05) is 12.1 Å². The number of fused-ring (bicyclic) bond motifs is 1. The molecule has 2 heterocycles. The Bertz CT molecular complexity index is 1010. The van der Waals surface area contributed by atoms with E-state index in [0.29, 0.717) is 22.6 Å². The van der Waals surface area contributed by atoms with Crippen LogP contribution in [0.2, 0.25) is 0 Å². The van der Waals surface area contributed by atoms with Crippen molar-refractivity contribution < 1.29 is 14.5 Å². The second-order valence-corrected chi connectivity index (χ2v) is 5.60. The molecule has 1 aliphatic heterocycles. The number of nitrogens with zero attached hydrogens (tertiary/aromatic N) is 5. The van der Waals surface area contributed by atoms with Gasteiger partial charge in [0.25, 0.3) is 17.5 Å². The summed E-state index contributed by atoms with van der Waals surface area (Å²) in [5, 5.41) is 14.9. The van der Waals surface area contributed by atoms with Gasteiger partial charge in [0.2, 0.25) is 0 Å². The maximum atomic E-state index is 12.5. The van der Waals surface area contributed by atoms with Crippen LogP contribution < -0.4 is 0 Å². The van der Waals surface area contributed by atoms with Gasteiger partial charge in [-0.3, -0.25) is 24.6 Å². The van der Waals surface area contributed by atoms with Gasteiger partial charge in [0.15, 0.2) is 5.82 Å². The molecule has 0 radical (unpaired) electrons. The molecule has 9 heteroatoms. The predicted molar refractivity (Wildman–Crippen MR) is 88.7 cm³/mol. The first-order chi connectivity index (χ1) is 12.6. The van der Waals surface area contributed by atoms with Crippen molar-refractivity contribution in [2.75, 3.05) is 0 Å². The first-order valence-corrected chi connectivity index (χ1v) is 7.65. The number of nitro groups is 1. The zero-order valence-electron chi connectivity index (χ0n) is 13.3. The number of hydrogen-bond acceptors (Lipinski definition) is 6. The fraction of sp³-hybridized carbons (Fsp3) is 0.0588. The summed E-state index contributed by atoms with van der Waals surface area (Å²) in [5.41, 5.74) is 1.22. The van der Waals surface area contributed by atoms with Crippen LogP contribution in [0, 0.1) is 10.1 Å². The molecule has 0 N–H and O–H groups in total. The Morgan fingerprint density at radius 2 is 1.58 bits per heavy atom. The number of aromatic nitrogens is 3. The summed E-state index contributed by atoms with van der Waals surface area (Å²) >= 11 is 0.